The molecule has 0 bridgehead atoms. The fourth-order valence-corrected chi connectivity index (χ4v) is 3.75. The summed E-state index contributed by atoms with van der Waals surface area (Å²) in [4.78, 5) is 19.0. The minimum atomic E-state index is -0.127. The van der Waals surface area contributed by atoms with Crippen LogP contribution < -0.4 is 10.2 Å². The fraction of sp³-hybridized carbons (Fsp3) is 0.273. The number of aryl methyl sites for hydroxylation is 1. The molecule has 0 spiro atoms. The number of anilines is 2. The van der Waals surface area contributed by atoms with Gasteiger partial charge in [0.1, 0.15) is 0 Å². The number of morpholine rings is 1. The van der Waals surface area contributed by atoms with E-state index in [9.17, 15) is 4.79 Å². The van der Waals surface area contributed by atoms with Gasteiger partial charge in [-0.3, -0.25) is 4.79 Å². The van der Waals surface area contributed by atoms with Crippen molar-refractivity contribution < 1.29 is 13.9 Å². The molecule has 0 aliphatic carbocycles. The molecule has 8 heteroatoms. The van der Waals surface area contributed by atoms with Crippen LogP contribution in [0.15, 0.2) is 53.1 Å². The van der Waals surface area contributed by atoms with Gasteiger partial charge in [-0.25, -0.2) is 4.98 Å². The Bertz CT molecular complexity index is 1010. The maximum atomic E-state index is 12.6. The number of carbonyl (C=O) groups excluding carboxylic acids is 1. The fourth-order valence-electron chi connectivity index (χ4n) is 3.33. The first-order chi connectivity index (χ1) is 14.6. The zero-order valence-corrected chi connectivity index (χ0v) is 17.7. The standard InChI is InChI=1S/C22H21Cl2N3O3/c23-16-6-4-15(5-7-16)19-14-25-21(30-19)9-8-20(28)26-18-3-1-2-17(24)22(18)27-10-12-29-13-11-27/h1-7,14H,8-13H2,(H,26,28). The summed E-state index contributed by atoms with van der Waals surface area (Å²) in [5.41, 5.74) is 2.41. The zero-order valence-electron chi connectivity index (χ0n) is 16.2. The van der Waals surface area contributed by atoms with Gasteiger partial charge in [0.2, 0.25) is 5.91 Å². The molecule has 0 unspecified atom stereocenters. The SMILES string of the molecule is O=C(CCc1ncc(-c2ccc(Cl)cc2)o1)Nc1cccc(Cl)c1N1CCOCC1. The number of hydrogen-bond donors (Lipinski definition) is 1. The number of rotatable bonds is 6. The molecule has 156 valence electrons. The van der Waals surface area contributed by atoms with Gasteiger partial charge >= 0.3 is 0 Å². The molecule has 1 aromatic heterocycles. The van der Waals surface area contributed by atoms with Gasteiger partial charge < -0.3 is 19.4 Å². The van der Waals surface area contributed by atoms with E-state index in [0.29, 0.717) is 47.0 Å². The highest BCUT2D eigenvalue weighted by atomic mass is 35.5. The first-order valence-corrected chi connectivity index (χ1v) is 10.5. The molecule has 3 aromatic rings. The second-order valence-corrected chi connectivity index (χ2v) is 7.75. The van der Waals surface area contributed by atoms with Gasteiger partial charge in [0.05, 0.1) is 35.8 Å². The number of hydrogen-bond acceptors (Lipinski definition) is 5. The number of amides is 1. The zero-order chi connectivity index (χ0) is 20.9. The van der Waals surface area contributed by atoms with E-state index in [1.165, 1.54) is 0 Å². The molecule has 0 saturated carbocycles. The summed E-state index contributed by atoms with van der Waals surface area (Å²) in [6.45, 7) is 2.74. The number of nitrogens with one attached hydrogen (secondary N) is 1. The third-order valence-electron chi connectivity index (χ3n) is 4.84. The highest BCUT2D eigenvalue weighted by Crippen LogP contribution is 2.34. The van der Waals surface area contributed by atoms with Crippen molar-refractivity contribution in [2.24, 2.45) is 0 Å². The average Bonchev–Trinajstić information content (AvgIpc) is 3.23. The number of halogens is 2. The summed E-state index contributed by atoms with van der Waals surface area (Å²) >= 11 is 12.3. The van der Waals surface area contributed by atoms with Crippen LogP contribution in [0.25, 0.3) is 11.3 Å². The Labute approximate surface area is 184 Å². The van der Waals surface area contributed by atoms with E-state index in [1.807, 2.05) is 30.3 Å². The Kier molecular flexibility index (Phi) is 6.57. The van der Waals surface area contributed by atoms with Gasteiger partial charge in [0.25, 0.3) is 0 Å². The van der Waals surface area contributed by atoms with Crippen molar-refractivity contribution in [1.29, 1.82) is 0 Å². The summed E-state index contributed by atoms with van der Waals surface area (Å²) in [5.74, 6) is 1.03. The lowest BCUT2D eigenvalue weighted by molar-refractivity contribution is -0.116. The molecule has 1 amide bonds. The Hall–Kier alpha value is -2.54. The first kappa shape index (κ1) is 20.7. The van der Waals surface area contributed by atoms with E-state index in [4.69, 9.17) is 32.4 Å². The number of nitrogens with zero attached hydrogens (tertiary/aromatic N) is 2. The molecule has 4 rings (SSSR count). The minimum absolute atomic E-state index is 0.127. The van der Waals surface area contributed by atoms with Crippen molar-refractivity contribution >= 4 is 40.5 Å². The molecule has 0 atom stereocenters. The number of aromatic nitrogens is 1. The largest absolute Gasteiger partial charge is 0.441 e. The van der Waals surface area contributed by atoms with Crippen LogP contribution in [0, 0.1) is 0 Å². The average molecular weight is 446 g/mol. The van der Waals surface area contributed by atoms with Crippen LogP contribution in [0.4, 0.5) is 11.4 Å². The van der Waals surface area contributed by atoms with Gasteiger partial charge in [0.15, 0.2) is 11.7 Å². The van der Waals surface area contributed by atoms with E-state index in [-0.39, 0.29) is 12.3 Å². The van der Waals surface area contributed by atoms with Crippen LogP contribution in [-0.4, -0.2) is 37.2 Å². The van der Waals surface area contributed by atoms with Crippen LogP contribution in [0.5, 0.6) is 0 Å². The number of oxazole rings is 1. The number of para-hydroxylation sites is 1. The van der Waals surface area contributed by atoms with Crippen LogP contribution >= 0.6 is 23.2 Å². The monoisotopic (exact) mass is 445 g/mol. The van der Waals surface area contributed by atoms with Crippen LogP contribution in [0.1, 0.15) is 12.3 Å². The molecular formula is C22H21Cl2N3O3. The number of ether oxygens (including phenoxy) is 1. The van der Waals surface area contributed by atoms with Gasteiger partial charge in [-0.1, -0.05) is 29.3 Å². The third kappa shape index (κ3) is 4.95. The Morgan fingerprint density at radius 1 is 1.10 bits per heavy atom. The Balaban J connectivity index is 1.39. The predicted molar refractivity (Wildman–Crippen MR) is 118 cm³/mol. The van der Waals surface area contributed by atoms with Crippen LogP contribution in [-0.2, 0) is 16.0 Å². The highest BCUT2D eigenvalue weighted by molar-refractivity contribution is 6.34. The van der Waals surface area contributed by atoms with Crippen LogP contribution in [0.3, 0.4) is 0 Å². The molecule has 6 nitrogen and oxygen atoms in total. The first-order valence-electron chi connectivity index (χ1n) is 9.72. The molecule has 1 fully saturated rings. The van der Waals surface area contributed by atoms with Gasteiger partial charge in [-0.15, -0.1) is 0 Å². The normalized spacial score (nSPS) is 14.0. The quantitative estimate of drug-likeness (QED) is 0.574. The summed E-state index contributed by atoms with van der Waals surface area (Å²) < 4.78 is 11.2. The second kappa shape index (κ2) is 9.51. The van der Waals surface area contributed by atoms with E-state index in [0.717, 1.165) is 24.3 Å². The molecular weight excluding hydrogens is 425 g/mol. The summed E-state index contributed by atoms with van der Waals surface area (Å²) in [6.07, 6.45) is 2.30. The summed E-state index contributed by atoms with van der Waals surface area (Å²) in [5, 5.41) is 4.24. The molecule has 30 heavy (non-hydrogen) atoms. The van der Waals surface area contributed by atoms with Crippen molar-refractivity contribution in [2.75, 3.05) is 36.5 Å². The van der Waals surface area contributed by atoms with E-state index >= 15 is 0 Å². The molecule has 2 aromatic carbocycles. The number of benzene rings is 2. The lowest BCUT2D eigenvalue weighted by Gasteiger charge is -2.31. The lowest BCUT2D eigenvalue weighted by Crippen LogP contribution is -2.37. The molecule has 1 N–H and O–H groups in total. The van der Waals surface area contributed by atoms with Gasteiger partial charge in [-0.05, 0) is 36.4 Å². The maximum absolute atomic E-state index is 12.6. The number of carbonyl (C=O) groups is 1. The smallest absolute Gasteiger partial charge is 0.224 e. The van der Waals surface area contributed by atoms with Crippen molar-refractivity contribution in [1.82, 2.24) is 4.98 Å². The summed E-state index contributed by atoms with van der Waals surface area (Å²) in [6, 6.07) is 12.8. The van der Waals surface area contributed by atoms with Crippen molar-refractivity contribution in [3.63, 3.8) is 0 Å². The molecule has 2 heterocycles. The molecule has 1 aliphatic rings. The third-order valence-corrected chi connectivity index (χ3v) is 5.39. The van der Waals surface area contributed by atoms with Crippen LogP contribution in [0.2, 0.25) is 10.0 Å². The topological polar surface area (TPSA) is 67.6 Å². The molecule has 1 aliphatic heterocycles. The van der Waals surface area contributed by atoms with Gasteiger partial charge in [0, 0.05) is 36.5 Å². The summed E-state index contributed by atoms with van der Waals surface area (Å²) in [7, 11) is 0. The van der Waals surface area contributed by atoms with E-state index < -0.39 is 0 Å². The van der Waals surface area contributed by atoms with E-state index in [2.05, 4.69) is 15.2 Å². The molecule has 0 radical (unpaired) electrons. The minimum Gasteiger partial charge on any atom is -0.441 e. The van der Waals surface area contributed by atoms with Gasteiger partial charge in [-0.2, -0.15) is 0 Å². The van der Waals surface area contributed by atoms with Crippen molar-refractivity contribution in [3.8, 4) is 11.3 Å². The lowest BCUT2D eigenvalue weighted by atomic mass is 10.2. The Morgan fingerprint density at radius 3 is 2.63 bits per heavy atom. The molecule has 1 saturated heterocycles. The van der Waals surface area contributed by atoms with E-state index in [1.54, 1.807) is 18.3 Å². The maximum Gasteiger partial charge on any atom is 0.224 e. The van der Waals surface area contributed by atoms with Crippen molar-refractivity contribution in [2.45, 2.75) is 12.8 Å². The predicted octanol–water partition coefficient (Wildman–Crippen LogP) is 5.06. The van der Waals surface area contributed by atoms with Crippen molar-refractivity contribution in [3.05, 3.63) is 64.6 Å². The second-order valence-electron chi connectivity index (χ2n) is 6.91. The highest BCUT2D eigenvalue weighted by Gasteiger charge is 2.19. The Morgan fingerprint density at radius 2 is 1.87 bits per heavy atom.